The number of hydrogen-bond donors (Lipinski definition) is 0. The summed E-state index contributed by atoms with van der Waals surface area (Å²) in [4.78, 5) is 12.2. The predicted octanol–water partition coefficient (Wildman–Crippen LogP) is 2.35. The SMILES string of the molecule is Cc1nn(C)cc1C(=O)C1CCCC1C. The van der Waals surface area contributed by atoms with Crippen LogP contribution in [-0.4, -0.2) is 15.6 Å². The van der Waals surface area contributed by atoms with E-state index in [1.54, 1.807) is 4.68 Å². The summed E-state index contributed by atoms with van der Waals surface area (Å²) in [6.07, 6.45) is 5.28. The van der Waals surface area contributed by atoms with Gasteiger partial charge in [0.2, 0.25) is 0 Å². The van der Waals surface area contributed by atoms with Crippen LogP contribution in [0.3, 0.4) is 0 Å². The fourth-order valence-electron chi connectivity index (χ4n) is 2.58. The molecule has 0 saturated heterocycles. The van der Waals surface area contributed by atoms with Crippen molar-refractivity contribution in [1.82, 2.24) is 9.78 Å². The molecule has 1 aliphatic rings. The van der Waals surface area contributed by atoms with Crippen molar-refractivity contribution < 1.29 is 4.79 Å². The quantitative estimate of drug-likeness (QED) is 0.696. The summed E-state index contributed by atoms with van der Waals surface area (Å²) in [5.74, 6) is 1.07. The van der Waals surface area contributed by atoms with Crippen molar-refractivity contribution in [2.24, 2.45) is 18.9 Å². The number of hydrogen-bond acceptors (Lipinski definition) is 2. The number of nitrogens with zero attached hydrogens (tertiary/aromatic N) is 2. The monoisotopic (exact) mass is 206 g/mol. The van der Waals surface area contributed by atoms with E-state index < -0.39 is 0 Å². The van der Waals surface area contributed by atoms with E-state index in [0.717, 1.165) is 17.7 Å². The number of aromatic nitrogens is 2. The molecule has 0 radical (unpaired) electrons. The maximum Gasteiger partial charge on any atom is 0.169 e. The lowest BCUT2D eigenvalue weighted by atomic mass is 9.90. The van der Waals surface area contributed by atoms with Crippen molar-refractivity contribution in [3.05, 3.63) is 17.5 Å². The van der Waals surface area contributed by atoms with E-state index in [-0.39, 0.29) is 5.92 Å². The van der Waals surface area contributed by atoms with Crippen LogP contribution in [0.25, 0.3) is 0 Å². The highest BCUT2D eigenvalue weighted by Crippen LogP contribution is 2.34. The molecule has 2 unspecified atom stereocenters. The number of ketones is 1. The Morgan fingerprint density at radius 2 is 2.27 bits per heavy atom. The van der Waals surface area contributed by atoms with Crippen LogP contribution >= 0.6 is 0 Å². The summed E-state index contributed by atoms with van der Waals surface area (Å²) in [6, 6.07) is 0. The van der Waals surface area contributed by atoms with Crippen LogP contribution < -0.4 is 0 Å². The number of carbonyl (C=O) groups is 1. The molecule has 0 spiro atoms. The summed E-state index contributed by atoms with van der Waals surface area (Å²) >= 11 is 0. The van der Waals surface area contributed by atoms with E-state index in [9.17, 15) is 4.79 Å². The standard InChI is InChI=1S/C12H18N2O/c1-8-5-4-6-10(8)12(15)11-7-14(3)13-9(11)2/h7-8,10H,4-6H2,1-3H3. The Kier molecular flexibility index (Phi) is 2.63. The second-order valence-electron chi connectivity index (χ2n) is 4.68. The first-order chi connectivity index (χ1) is 7.09. The molecule has 1 fully saturated rings. The lowest BCUT2D eigenvalue weighted by Gasteiger charge is -2.12. The fourth-order valence-corrected chi connectivity index (χ4v) is 2.58. The topological polar surface area (TPSA) is 34.9 Å². The zero-order valence-electron chi connectivity index (χ0n) is 9.66. The van der Waals surface area contributed by atoms with E-state index in [2.05, 4.69) is 12.0 Å². The van der Waals surface area contributed by atoms with Gasteiger partial charge in [0.1, 0.15) is 0 Å². The highest BCUT2D eigenvalue weighted by molar-refractivity contribution is 5.98. The summed E-state index contributed by atoms with van der Waals surface area (Å²) in [6.45, 7) is 4.09. The van der Waals surface area contributed by atoms with Gasteiger partial charge in [-0.05, 0) is 25.7 Å². The molecule has 1 aromatic rings. The molecule has 0 aromatic carbocycles. The minimum atomic E-state index is 0.230. The van der Waals surface area contributed by atoms with Crippen LogP contribution in [0.2, 0.25) is 0 Å². The van der Waals surface area contributed by atoms with Crippen molar-refractivity contribution in [2.45, 2.75) is 33.1 Å². The van der Waals surface area contributed by atoms with Gasteiger partial charge in [-0.3, -0.25) is 9.48 Å². The lowest BCUT2D eigenvalue weighted by Crippen LogP contribution is -2.17. The fraction of sp³-hybridized carbons (Fsp3) is 0.667. The summed E-state index contributed by atoms with van der Waals surface area (Å²) in [5.41, 5.74) is 1.68. The van der Waals surface area contributed by atoms with Crippen LogP contribution in [0.4, 0.5) is 0 Å². The molecule has 1 heterocycles. The predicted molar refractivity (Wildman–Crippen MR) is 58.8 cm³/mol. The molecular formula is C12H18N2O. The molecule has 3 nitrogen and oxygen atoms in total. The molecule has 0 N–H and O–H groups in total. The molecular weight excluding hydrogens is 188 g/mol. The Balaban J connectivity index is 2.24. The molecule has 82 valence electrons. The van der Waals surface area contributed by atoms with Gasteiger partial charge in [0, 0.05) is 19.2 Å². The van der Waals surface area contributed by atoms with Crippen LogP contribution in [-0.2, 0) is 7.05 Å². The smallest absolute Gasteiger partial charge is 0.169 e. The lowest BCUT2D eigenvalue weighted by molar-refractivity contribution is 0.0896. The Bertz CT molecular complexity index is 381. The highest BCUT2D eigenvalue weighted by Gasteiger charge is 2.31. The number of rotatable bonds is 2. The molecule has 0 amide bonds. The molecule has 3 heteroatoms. The number of Topliss-reactive ketones (excluding diaryl/α,β-unsaturated/α-hetero) is 1. The Morgan fingerprint density at radius 1 is 1.53 bits per heavy atom. The zero-order chi connectivity index (χ0) is 11.0. The maximum atomic E-state index is 12.2. The van der Waals surface area contributed by atoms with Crippen LogP contribution in [0.15, 0.2) is 6.20 Å². The Labute approximate surface area is 90.5 Å². The first-order valence-electron chi connectivity index (χ1n) is 5.64. The number of aryl methyl sites for hydroxylation is 2. The van der Waals surface area contributed by atoms with Gasteiger partial charge in [-0.1, -0.05) is 13.3 Å². The average Bonchev–Trinajstić information content (AvgIpc) is 2.71. The van der Waals surface area contributed by atoms with E-state index in [0.29, 0.717) is 11.7 Å². The Morgan fingerprint density at radius 3 is 2.73 bits per heavy atom. The van der Waals surface area contributed by atoms with Gasteiger partial charge in [0.25, 0.3) is 0 Å². The second kappa shape index (κ2) is 3.80. The van der Waals surface area contributed by atoms with Gasteiger partial charge in [-0.15, -0.1) is 0 Å². The van der Waals surface area contributed by atoms with Crippen LogP contribution in [0.5, 0.6) is 0 Å². The van der Waals surface area contributed by atoms with Crippen molar-refractivity contribution >= 4 is 5.78 Å². The Hall–Kier alpha value is -1.12. The molecule has 1 aliphatic carbocycles. The van der Waals surface area contributed by atoms with E-state index in [1.165, 1.54) is 12.8 Å². The first kappa shape index (κ1) is 10.4. The molecule has 0 bridgehead atoms. The molecule has 0 aliphatic heterocycles. The largest absolute Gasteiger partial charge is 0.294 e. The summed E-state index contributed by atoms with van der Waals surface area (Å²) in [7, 11) is 1.86. The third kappa shape index (κ3) is 1.83. The molecule has 2 atom stereocenters. The van der Waals surface area contributed by atoms with Crippen LogP contribution in [0.1, 0.15) is 42.2 Å². The third-order valence-electron chi connectivity index (χ3n) is 3.48. The van der Waals surface area contributed by atoms with Crippen LogP contribution in [0, 0.1) is 18.8 Å². The second-order valence-corrected chi connectivity index (χ2v) is 4.68. The highest BCUT2D eigenvalue weighted by atomic mass is 16.1. The molecule has 1 saturated carbocycles. The maximum absolute atomic E-state index is 12.2. The normalized spacial score (nSPS) is 25.8. The van der Waals surface area contributed by atoms with Gasteiger partial charge in [0.05, 0.1) is 11.3 Å². The average molecular weight is 206 g/mol. The van der Waals surface area contributed by atoms with E-state index in [1.807, 2.05) is 20.2 Å². The van der Waals surface area contributed by atoms with E-state index >= 15 is 0 Å². The van der Waals surface area contributed by atoms with Crippen molar-refractivity contribution in [2.75, 3.05) is 0 Å². The minimum Gasteiger partial charge on any atom is -0.294 e. The molecule has 15 heavy (non-hydrogen) atoms. The van der Waals surface area contributed by atoms with Gasteiger partial charge >= 0.3 is 0 Å². The third-order valence-corrected chi connectivity index (χ3v) is 3.48. The summed E-state index contributed by atoms with van der Waals surface area (Å²) in [5, 5.41) is 4.22. The zero-order valence-corrected chi connectivity index (χ0v) is 9.66. The molecule has 2 rings (SSSR count). The van der Waals surface area contributed by atoms with Crippen molar-refractivity contribution in [3.8, 4) is 0 Å². The summed E-state index contributed by atoms with van der Waals surface area (Å²) < 4.78 is 1.72. The molecule has 1 aromatic heterocycles. The van der Waals surface area contributed by atoms with Gasteiger partial charge in [-0.2, -0.15) is 5.10 Å². The minimum absolute atomic E-state index is 0.230. The van der Waals surface area contributed by atoms with Gasteiger partial charge < -0.3 is 0 Å². The van der Waals surface area contributed by atoms with Gasteiger partial charge in [-0.25, -0.2) is 0 Å². The van der Waals surface area contributed by atoms with E-state index in [4.69, 9.17) is 0 Å². The number of carbonyl (C=O) groups excluding carboxylic acids is 1. The first-order valence-corrected chi connectivity index (χ1v) is 5.64. The van der Waals surface area contributed by atoms with Gasteiger partial charge in [0.15, 0.2) is 5.78 Å². The van der Waals surface area contributed by atoms with Crippen molar-refractivity contribution in [3.63, 3.8) is 0 Å². The van der Waals surface area contributed by atoms with Crippen molar-refractivity contribution in [1.29, 1.82) is 0 Å².